The standard InChI is InChI=1S/C32H26Cl2N4/c33-28-17-11-24(12-18-28)15-21-30(22-16-25-13-19-29(34)20-14-25)37-38-31-35-23-32(36-31,26-7-3-1-4-8-26)27-9-5-2-6-10-27/h1-22H,23H2,(H2,35,36,38). The molecule has 0 atom stereocenters. The average Bonchev–Trinajstić information content (AvgIpc) is 3.41. The number of rotatable bonds is 7. The second-order valence-electron chi connectivity index (χ2n) is 8.85. The summed E-state index contributed by atoms with van der Waals surface area (Å²) in [6.07, 6.45) is 7.87. The summed E-state index contributed by atoms with van der Waals surface area (Å²) in [5, 5.41) is 9.68. The van der Waals surface area contributed by atoms with Crippen molar-refractivity contribution in [1.82, 2.24) is 10.7 Å². The molecule has 0 fully saturated rings. The van der Waals surface area contributed by atoms with Gasteiger partial charge in [-0.25, -0.2) is 10.4 Å². The summed E-state index contributed by atoms with van der Waals surface area (Å²) in [6.45, 7) is 0.551. The molecule has 0 saturated carbocycles. The van der Waals surface area contributed by atoms with E-state index in [0.29, 0.717) is 22.5 Å². The van der Waals surface area contributed by atoms with Gasteiger partial charge in [0.25, 0.3) is 0 Å². The first-order valence-electron chi connectivity index (χ1n) is 12.3. The zero-order chi connectivity index (χ0) is 26.2. The van der Waals surface area contributed by atoms with Gasteiger partial charge in [0.1, 0.15) is 5.54 Å². The molecule has 0 unspecified atom stereocenters. The molecule has 188 valence electrons. The molecule has 0 amide bonds. The molecule has 1 aliphatic heterocycles. The molecular weight excluding hydrogens is 511 g/mol. The van der Waals surface area contributed by atoms with Crippen LogP contribution < -0.4 is 10.7 Å². The van der Waals surface area contributed by atoms with Crippen LogP contribution in [0, 0.1) is 0 Å². The SMILES string of the molecule is Clc1ccc(C=CC(C=Cc2ccc(Cl)cc2)=NNC2=NCC(c3ccccc3)(c3ccccc3)N2)cc1. The van der Waals surface area contributed by atoms with Gasteiger partial charge in [-0.1, -0.05) is 120 Å². The van der Waals surface area contributed by atoms with E-state index in [0.717, 1.165) is 28.0 Å². The molecular formula is C32H26Cl2N4. The van der Waals surface area contributed by atoms with Gasteiger partial charge in [-0.3, -0.25) is 0 Å². The van der Waals surface area contributed by atoms with Crippen molar-refractivity contribution in [2.45, 2.75) is 5.54 Å². The minimum absolute atomic E-state index is 0.473. The van der Waals surface area contributed by atoms with Crippen molar-refractivity contribution in [2.75, 3.05) is 6.54 Å². The lowest BCUT2D eigenvalue weighted by Gasteiger charge is -2.30. The highest BCUT2D eigenvalue weighted by molar-refractivity contribution is 6.30. The molecule has 2 N–H and O–H groups in total. The van der Waals surface area contributed by atoms with Crippen LogP contribution in [0.25, 0.3) is 12.2 Å². The Labute approximate surface area is 233 Å². The molecule has 5 rings (SSSR count). The molecule has 0 bridgehead atoms. The number of hydrazone groups is 1. The van der Waals surface area contributed by atoms with Crippen molar-refractivity contribution < 1.29 is 0 Å². The van der Waals surface area contributed by atoms with Crippen molar-refractivity contribution in [3.63, 3.8) is 0 Å². The van der Waals surface area contributed by atoms with Gasteiger partial charge in [0, 0.05) is 10.0 Å². The van der Waals surface area contributed by atoms with Crippen LogP contribution in [0.4, 0.5) is 0 Å². The summed E-state index contributed by atoms with van der Waals surface area (Å²) in [5.41, 5.74) is 7.71. The van der Waals surface area contributed by atoms with E-state index < -0.39 is 5.54 Å². The van der Waals surface area contributed by atoms with E-state index >= 15 is 0 Å². The summed E-state index contributed by atoms with van der Waals surface area (Å²) in [7, 11) is 0. The highest BCUT2D eigenvalue weighted by Gasteiger charge is 2.38. The van der Waals surface area contributed by atoms with Crippen LogP contribution in [-0.4, -0.2) is 18.2 Å². The maximum atomic E-state index is 6.04. The predicted octanol–water partition coefficient (Wildman–Crippen LogP) is 7.57. The van der Waals surface area contributed by atoms with Gasteiger partial charge in [-0.05, 0) is 58.7 Å². The molecule has 0 radical (unpaired) electrons. The van der Waals surface area contributed by atoms with Crippen molar-refractivity contribution in [1.29, 1.82) is 0 Å². The topological polar surface area (TPSA) is 48.8 Å². The van der Waals surface area contributed by atoms with Gasteiger partial charge in [-0.2, -0.15) is 5.10 Å². The zero-order valence-electron chi connectivity index (χ0n) is 20.6. The number of guanidine groups is 1. The molecule has 6 heteroatoms. The second kappa shape index (κ2) is 12.0. The fraction of sp³-hybridized carbons (Fsp3) is 0.0625. The lowest BCUT2D eigenvalue weighted by Crippen LogP contribution is -2.47. The number of hydrogen-bond acceptors (Lipinski definition) is 4. The smallest absolute Gasteiger partial charge is 0.213 e. The summed E-state index contributed by atoms with van der Waals surface area (Å²) in [5.74, 6) is 0.606. The first kappa shape index (κ1) is 25.5. The Morgan fingerprint density at radius 1 is 0.711 bits per heavy atom. The number of allylic oxidation sites excluding steroid dienone is 2. The van der Waals surface area contributed by atoms with Gasteiger partial charge in [0.05, 0.1) is 12.3 Å². The summed E-state index contributed by atoms with van der Waals surface area (Å²) >= 11 is 12.1. The van der Waals surface area contributed by atoms with E-state index in [9.17, 15) is 0 Å². The molecule has 38 heavy (non-hydrogen) atoms. The Balaban J connectivity index is 1.40. The molecule has 1 aliphatic rings. The van der Waals surface area contributed by atoms with Gasteiger partial charge in [0.15, 0.2) is 0 Å². The summed E-state index contributed by atoms with van der Waals surface area (Å²) < 4.78 is 0. The van der Waals surface area contributed by atoms with Gasteiger partial charge in [-0.15, -0.1) is 0 Å². The number of nitrogens with zero attached hydrogens (tertiary/aromatic N) is 2. The Morgan fingerprint density at radius 3 is 1.66 bits per heavy atom. The monoisotopic (exact) mass is 536 g/mol. The molecule has 1 heterocycles. The third kappa shape index (κ3) is 6.23. The van der Waals surface area contributed by atoms with E-state index in [2.05, 4.69) is 40.1 Å². The maximum Gasteiger partial charge on any atom is 0.213 e. The largest absolute Gasteiger partial charge is 0.339 e. The van der Waals surface area contributed by atoms with Crippen LogP contribution in [0.15, 0.2) is 131 Å². The fourth-order valence-electron chi connectivity index (χ4n) is 4.24. The molecule has 4 aromatic rings. The Hall–Kier alpha value is -4.12. The van der Waals surface area contributed by atoms with Crippen LogP contribution in [-0.2, 0) is 5.54 Å². The van der Waals surface area contributed by atoms with E-state index in [-0.39, 0.29) is 0 Å². The Bertz CT molecular complexity index is 1380. The third-order valence-corrected chi connectivity index (χ3v) is 6.77. The predicted molar refractivity (Wildman–Crippen MR) is 161 cm³/mol. The lowest BCUT2D eigenvalue weighted by atomic mass is 9.83. The quantitative estimate of drug-likeness (QED) is 0.189. The van der Waals surface area contributed by atoms with Crippen molar-refractivity contribution in [3.05, 3.63) is 154 Å². The maximum absolute atomic E-state index is 6.04. The molecule has 0 aromatic heterocycles. The number of nitrogens with one attached hydrogen (secondary N) is 2. The van der Waals surface area contributed by atoms with Crippen molar-refractivity contribution in [3.8, 4) is 0 Å². The number of halogens is 2. The summed E-state index contributed by atoms with van der Waals surface area (Å²) in [4.78, 5) is 4.78. The second-order valence-corrected chi connectivity index (χ2v) is 9.72. The average molecular weight is 537 g/mol. The molecule has 0 saturated heterocycles. The molecule has 4 aromatic carbocycles. The van der Waals surface area contributed by atoms with Crippen LogP contribution in [0.5, 0.6) is 0 Å². The molecule has 0 spiro atoms. The van der Waals surface area contributed by atoms with Crippen molar-refractivity contribution >= 4 is 47.0 Å². The van der Waals surface area contributed by atoms with Crippen LogP contribution in [0.3, 0.4) is 0 Å². The minimum Gasteiger partial charge on any atom is -0.339 e. The van der Waals surface area contributed by atoms with Gasteiger partial charge >= 0.3 is 0 Å². The van der Waals surface area contributed by atoms with Crippen LogP contribution in [0.2, 0.25) is 10.0 Å². The first-order chi connectivity index (χ1) is 18.6. The molecule has 0 aliphatic carbocycles. The third-order valence-electron chi connectivity index (χ3n) is 6.26. The number of benzene rings is 4. The van der Waals surface area contributed by atoms with Crippen molar-refractivity contribution in [2.24, 2.45) is 10.1 Å². The summed E-state index contributed by atoms with van der Waals surface area (Å²) in [6, 6.07) is 36.0. The van der Waals surface area contributed by atoms with E-state index in [1.807, 2.05) is 109 Å². The highest BCUT2D eigenvalue weighted by Crippen LogP contribution is 2.32. The fourth-order valence-corrected chi connectivity index (χ4v) is 4.49. The van der Waals surface area contributed by atoms with E-state index in [4.69, 9.17) is 28.2 Å². The van der Waals surface area contributed by atoms with E-state index in [1.54, 1.807) is 0 Å². The highest BCUT2D eigenvalue weighted by atomic mass is 35.5. The minimum atomic E-state index is -0.473. The Kier molecular flexibility index (Phi) is 8.03. The van der Waals surface area contributed by atoms with Gasteiger partial charge in [0.2, 0.25) is 5.96 Å². The number of hydrogen-bond donors (Lipinski definition) is 2. The van der Waals surface area contributed by atoms with Gasteiger partial charge < -0.3 is 5.32 Å². The van der Waals surface area contributed by atoms with Crippen LogP contribution >= 0.6 is 23.2 Å². The number of aliphatic imine (C=N–C) groups is 1. The normalized spacial score (nSPS) is 14.3. The Morgan fingerprint density at radius 2 is 1.18 bits per heavy atom. The van der Waals surface area contributed by atoms with E-state index in [1.165, 1.54) is 0 Å². The van der Waals surface area contributed by atoms with Crippen LogP contribution in [0.1, 0.15) is 22.3 Å². The zero-order valence-corrected chi connectivity index (χ0v) is 22.1. The lowest BCUT2D eigenvalue weighted by molar-refractivity contribution is 0.520. The first-order valence-corrected chi connectivity index (χ1v) is 13.0. The molecule has 4 nitrogen and oxygen atoms in total.